The average Bonchev–Trinajstić information content (AvgIpc) is 3.05. The van der Waals surface area contributed by atoms with Gasteiger partial charge in [-0.25, -0.2) is 4.98 Å². The van der Waals surface area contributed by atoms with E-state index in [1.807, 2.05) is 31.3 Å². The van der Waals surface area contributed by atoms with Gasteiger partial charge in [0.1, 0.15) is 0 Å². The minimum atomic E-state index is -0.840. The lowest BCUT2D eigenvalue weighted by Crippen LogP contribution is -2.03. The summed E-state index contributed by atoms with van der Waals surface area (Å²) in [5.74, 6) is -0.835. The number of hydrogen-bond donors (Lipinski definition) is 1. The van der Waals surface area contributed by atoms with Crippen molar-refractivity contribution in [2.45, 2.75) is 18.6 Å². The molecule has 2 heterocycles. The van der Waals surface area contributed by atoms with Gasteiger partial charge in [-0.3, -0.25) is 9.78 Å². The van der Waals surface area contributed by atoms with Gasteiger partial charge in [0.05, 0.1) is 28.8 Å². The summed E-state index contributed by atoms with van der Waals surface area (Å²) in [6.45, 7) is 2.68. The summed E-state index contributed by atoms with van der Waals surface area (Å²) in [7, 11) is 0. The maximum atomic E-state index is 10.8. The number of aromatic nitrogens is 3. The van der Waals surface area contributed by atoms with Crippen LogP contribution in [0.25, 0.3) is 11.0 Å². The molecule has 0 bridgehead atoms. The lowest BCUT2D eigenvalue weighted by atomic mass is 10.2. The molecule has 3 aromatic rings. The standard InChI is InChI=1S/C14H13N3O2S2/c1-9-2-3-12-11(4-9)16-14(20-7-13(18)19)17(12)6-10-5-15-8-21-10/h2-5,8H,6-7H2,1H3,(H,18,19). The topological polar surface area (TPSA) is 68.0 Å². The summed E-state index contributed by atoms with van der Waals surface area (Å²) >= 11 is 2.83. The second kappa shape index (κ2) is 5.87. The van der Waals surface area contributed by atoms with Crippen LogP contribution >= 0.6 is 23.1 Å². The zero-order chi connectivity index (χ0) is 14.8. The maximum Gasteiger partial charge on any atom is 0.313 e. The number of imidazole rings is 1. The summed E-state index contributed by atoms with van der Waals surface area (Å²) < 4.78 is 2.05. The molecule has 0 saturated heterocycles. The molecule has 0 aliphatic carbocycles. The molecule has 21 heavy (non-hydrogen) atoms. The minimum absolute atomic E-state index is 0.00495. The Morgan fingerprint density at radius 2 is 2.33 bits per heavy atom. The number of thioether (sulfide) groups is 1. The molecule has 0 spiro atoms. The monoisotopic (exact) mass is 319 g/mol. The first-order valence-corrected chi connectivity index (χ1v) is 8.19. The number of rotatable bonds is 5. The number of carbonyl (C=O) groups is 1. The molecule has 0 atom stereocenters. The van der Waals surface area contributed by atoms with Crippen molar-refractivity contribution >= 4 is 40.1 Å². The van der Waals surface area contributed by atoms with E-state index in [9.17, 15) is 4.79 Å². The molecule has 5 nitrogen and oxygen atoms in total. The zero-order valence-electron chi connectivity index (χ0n) is 11.3. The highest BCUT2D eigenvalue weighted by atomic mass is 32.2. The molecular formula is C14H13N3O2S2. The van der Waals surface area contributed by atoms with Gasteiger partial charge in [0.15, 0.2) is 5.16 Å². The molecule has 0 aliphatic heterocycles. The van der Waals surface area contributed by atoms with Crippen LogP contribution in [0, 0.1) is 6.92 Å². The van der Waals surface area contributed by atoms with Crippen molar-refractivity contribution in [3.63, 3.8) is 0 Å². The van der Waals surface area contributed by atoms with Gasteiger partial charge in [0.25, 0.3) is 0 Å². The Balaban J connectivity index is 2.03. The van der Waals surface area contributed by atoms with Crippen LogP contribution in [0.15, 0.2) is 35.1 Å². The fourth-order valence-corrected chi connectivity index (χ4v) is 3.40. The Morgan fingerprint density at radius 3 is 3.05 bits per heavy atom. The van der Waals surface area contributed by atoms with Crippen LogP contribution in [0.2, 0.25) is 0 Å². The summed E-state index contributed by atoms with van der Waals surface area (Å²) in [5, 5.41) is 9.60. The molecule has 0 amide bonds. The molecule has 7 heteroatoms. The van der Waals surface area contributed by atoms with Gasteiger partial charge in [-0.2, -0.15) is 0 Å². The first-order valence-electron chi connectivity index (χ1n) is 6.32. The van der Waals surface area contributed by atoms with E-state index in [0.29, 0.717) is 6.54 Å². The minimum Gasteiger partial charge on any atom is -0.481 e. The van der Waals surface area contributed by atoms with Crippen LogP contribution in [0.5, 0.6) is 0 Å². The number of benzene rings is 1. The van der Waals surface area contributed by atoms with Gasteiger partial charge in [0.2, 0.25) is 0 Å². The second-order valence-electron chi connectivity index (χ2n) is 4.62. The van der Waals surface area contributed by atoms with Crippen LogP contribution < -0.4 is 0 Å². The van der Waals surface area contributed by atoms with E-state index in [1.54, 1.807) is 16.8 Å². The average molecular weight is 319 g/mol. The number of thiazole rings is 1. The molecule has 1 aromatic carbocycles. The first-order chi connectivity index (χ1) is 10.1. The van der Waals surface area contributed by atoms with Gasteiger partial charge in [-0.15, -0.1) is 11.3 Å². The first kappa shape index (κ1) is 14.1. The Bertz CT molecular complexity index is 781. The van der Waals surface area contributed by atoms with Crippen molar-refractivity contribution in [2.24, 2.45) is 0 Å². The van der Waals surface area contributed by atoms with Crippen molar-refractivity contribution in [2.75, 3.05) is 5.75 Å². The van der Waals surface area contributed by atoms with E-state index in [-0.39, 0.29) is 5.75 Å². The molecule has 3 rings (SSSR count). The van der Waals surface area contributed by atoms with Crippen LogP contribution in [0.1, 0.15) is 10.4 Å². The number of hydrogen-bond acceptors (Lipinski definition) is 5. The third kappa shape index (κ3) is 3.08. The largest absolute Gasteiger partial charge is 0.481 e. The van der Waals surface area contributed by atoms with Gasteiger partial charge in [-0.05, 0) is 24.6 Å². The molecule has 0 saturated carbocycles. The van der Waals surface area contributed by atoms with Crippen molar-refractivity contribution in [3.8, 4) is 0 Å². The van der Waals surface area contributed by atoms with E-state index in [4.69, 9.17) is 5.11 Å². The van der Waals surface area contributed by atoms with Gasteiger partial charge >= 0.3 is 5.97 Å². The third-order valence-corrected chi connectivity index (χ3v) is 4.72. The quantitative estimate of drug-likeness (QED) is 0.732. The Hall–Kier alpha value is -1.86. The zero-order valence-corrected chi connectivity index (χ0v) is 12.9. The lowest BCUT2D eigenvalue weighted by molar-refractivity contribution is -0.133. The Labute approximate surface area is 129 Å². The molecule has 0 fully saturated rings. The number of carboxylic acids is 1. The summed E-state index contributed by atoms with van der Waals surface area (Å²) in [4.78, 5) is 20.6. The molecule has 0 radical (unpaired) electrons. The van der Waals surface area contributed by atoms with Gasteiger partial charge < -0.3 is 9.67 Å². The fraction of sp³-hybridized carbons (Fsp3) is 0.214. The van der Waals surface area contributed by atoms with Crippen molar-refractivity contribution in [1.82, 2.24) is 14.5 Å². The van der Waals surface area contributed by atoms with Crippen LogP contribution in [0.3, 0.4) is 0 Å². The van der Waals surface area contributed by atoms with E-state index < -0.39 is 5.97 Å². The van der Waals surface area contributed by atoms with Crippen LogP contribution in [-0.2, 0) is 11.3 Å². The molecule has 108 valence electrons. The van der Waals surface area contributed by atoms with Crippen molar-refractivity contribution in [3.05, 3.63) is 40.3 Å². The number of aryl methyl sites for hydroxylation is 1. The van der Waals surface area contributed by atoms with Gasteiger partial charge in [-0.1, -0.05) is 17.8 Å². The number of nitrogens with zero attached hydrogens (tertiary/aromatic N) is 3. The summed E-state index contributed by atoms with van der Waals surface area (Å²) in [6, 6.07) is 6.09. The smallest absolute Gasteiger partial charge is 0.313 e. The van der Waals surface area contributed by atoms with Gasteiger partial charge in [0, 0.05) is 11.1 Å². The van der Waals surface area contributed by atoms with Crippen LogP contribution in [0.4, 0.5) is 0 Å². The Morgan fingerprint density at radius 1 is 1.48 bits per heavy atom. The summed E-state index contributed by atoms with van der Waals surface area (Å²) in [6.07, 6.45) is 1.83. The molecule has 1 N–H and O–H groups in total. The summed E-state index contributed by atoms with van der Waals surface area (Å²) in [5.41, 5.74) is 4.84. The molecule has 2 aromatic heterocycles. The molecule has 0 aliphatic rings. The predicted octanol–water partition coefficient (Wildman–Crippen LogP) is 3.03. The Kier molecular flexibility index (Phi) is 3.94. The highest BCUT2D eigenvalue weighted by Gasteiger charge is 2.13. The van der Waals surface area contributed by atoms with E-state index in [2.05, 4.69) is 14.5 Å². The normalized spacial score (nSPS) is 11.1. The van der Waals surface area contributed by atoms with Crippen LogP contribution in [-0.4, -0.2) is 31.4 Å². The molecule has 0 unspecified atom stereocenters. The van der Waals surface area contributed by atoms with Crippen molar-refractivity contribution < 1.29 is 9.90 Å². The lowest BCUT2D eigenvalue weighted by Gasteiger charge is -2.06. The second-order valence-corrected chi connectivity index (χ2v) is 6.54. The number of fused-ring (bicyclic) bond motifs is 1. The maximum absolute atomic E-state index is 10.8. The fourth-order valence-electron chi connectivity index (χ4n) is 2.08. The number of carboxylic acid groups (broad SMARTS) is 1. The van der Waals surface area contributed by atoms with E-state index in [1.165, 1.54) is 11.8 Å². The highest BCUT2D eigenvalue weighted by Crippen LogP contribution is 2.26. The SMILES string of the molecule is Cc1ccc2c(c1)nc(SCC(=O)O)n2Cc1cncs1. The number of aliphatic carboxylic acids is 1. The van der Waals surface area contributed by atoms with Crippen molar-refractivity contribution in [1.29, 1.82) is 0 Å². The molecular weight excluding hydrogens is 306 g/mol. The van der Waals surface area contributed by atoms with E-state index in [0.717, 1.165) is 26.6 Å². The highest BCUT2D eigenvalue weighted by molar-refractivity contribution is 7.99. The third-order valence-electron chi connectivity index (χ3n) is 2.99. The predicted molar refractivity (Wildman–Crippen MR) is 84.0 cm³/mol. The van der Waals surface area contributed by atoms with E-state index >= 15 is 0 Å².